The number of anilines is 1. The van der Waals surface area contributed by atoms with Crippen LogP contribution in [0.15, 0.2) is 42.9 Å². The highest BCUT2D eigenvalue weighted by atomic mass is 35.5. The third kappa shape index (κ3) is 4.12. The van der Waals surface area contributed by atoms with E-state index in [1.54, 1.807) is 6.33 Å². The van der Waals surface area contributed by atoms with E-state index >= 15 is 0 Å². The molecule has 3 heterocycles. The summed E-state index contributed by atoms with van der Waals surface area (Å²) in [6, 6.07) is 9.21. The minimum atomic E-state index is -0.930. The SMILES string of the molecule is NCC[C@H](NC(=O)C1(N)CCN(c2ncnc3[nH]ccc23)CC1)c1ccc(Cl)cc1. The van der Waals surface area contributed by atoms with Gasteiger partial charge in [0.1, 0.15) is 17.8 Å². The Bertz CT molecular complexity index is 1010. The fourth-order valence-corrected chi connectivity index (χ4v) is 4.07. The first-order chi connectivity index (χ1) is 14.5. The Labute approximate surface area is 180 Å². The molecule has 2 aromatic heterocycles. The lowest BCUT2D eigenvalue weighted by Crippen LogP contribution is -2.60. The van der Waals surface area contributed by atoms with Gasteiger partial charge in [0.05, 0.1) is 17.0 Å². The number of aromatic nitrogens is 3. The molecule has 6 N–H and O–H groups in total. The molecule has 158 valence electrons. The molecule has 0 aliphatic carbocycles. The van der Waals surface area contributed by atoms with E-state index in [2.05, 4.69) is 25.2 Å². The molecule has 0 spiro atoms. The molecular formula is C21H26ClN7O. The molecule has 1 amide bonds. The number of carbonyl (C=O) groups is 1. The van der Waals surface area contributed by atoms with Gasteiger partial charge in [0.25, 0.3) is 0 Å². The van der Waals surface area contributed by atoms with Crippen molar-refractivity contribution in [2.75, 3.05) is 24.5 Å². The summed E-state index contributed by atoms with van der Waals surface area (Å²) >= 11 is 5.99. The fourth-order valence-electron chi connectivity index (χ4n) is 3.94. The second kappa shape index (κ2) is 8.59. The lowest BCUT2D eigenvalue weighted by molar-refractivity contribution is -0.127. The summed E-state index contributed by atoms with van der Waals surface area (Å²) < 4.78 is 0. The summed E-state index contributed by atoms with van der Waals surface area (Å²) in [5, 5.41) is 4.73. The summed E-state index contributed by atoms with van der Waals surface area (Å²) in [4.78, 5) is 27.0. The Morgan fingerprint density at radius 2 is 1.97 bits per heavy atom. The number of nitrogens with two attached hydrogens (primary N) is 2. The van der Waals surface area contributed by atoms with Gasteiger partial charge in [0.15, 0.2) is 0 Å². The largest absolute Gasteiger partial charge is 0.356 e. The zero-order chi connectivity index (χ0) is 21.1. The molecule has 0 unspecified atom stereocenters. The number of rotatable bonds is 6. The lowest BCUT2D eigenvalue weighted by Gasteiger charge is -2.39. The number of nitrogens with zero attached hydrogens (tertiary/aromatic N) is 3. The Kier molecular flexibility index (Phi) is 5.90. The maximum Gasteiger partial charge on any atom is 0.240 e. The Balaban J connectivity index is 1.44. The second-order valence-electron chi connectivity index (χ2n) is 7.74. The van der Waals surface area contributed by atoms with Crippen molar-refractivity contribution in [1.82, 2.24) is 20.3 Å². The van der Waals surface area contributed by atoms with Gasteiger partial charge in [-0.25, -0.2) is 9.97 Å². The van der Waals surface area contributed by atoms with Crippen molar-refractivity contribution in [2.45, 2.75) is 30.8 Å². The smallest absolute Gasteiger partial charge is 0.240 e. The number of hydrogen-bond donors (Lipinski definition) is 4. The lowest BCUT2D eigenvalue weighted by atomic mass is 9.87. The predicted molar refractivity (Wildman–Crippen MR) is 118 cm³/mol. The average molecular weight is 428 g/mol. The highest BCUT2D eigenvalue weighted by Gasteiger charge is 2.39. The third-order valence-corrected chi connectivity index (χ3v) is 6.03. The Morgan fingerprint density at radius 3 is 2.67 bits per heavy atom. The van der Waals surface area contributed by atoms with Crippen LogP contribution in [0.3, 0.4) is 0 Å². The number of hydrogen-bond acceptors (Lipinski definition) is 6. The van der Waals surface area contributed by atoms with Crippen LogP contribution in [0.5, 0.6) is 0 Å². The molecule has 1 atom stereocenters. The van der Waals surface area contributed by atoms with Gasteiger partial charge in [-0.3, -0.25) is 4.79 Å². The molecule has 0 saturated carbocycles. The zero-order valence-corrected chi connectivity index (χ0v) is 17.4. The van der Waals surface area contributed by atoms with Crippen LogP contribution in [0.2, 0.25) is 5.02 Å². The van der Waals surface area contributed by atoms with E-state index in [4.69, 9.17) is 23.1 Å². The van der Waals surface area contributed by atoms with Crippen molar-refractivity contribution in [3.8, 4) is 0 Å². The number of nitrogens with one attached hydrogen (secondary N) is 2. The quantitative estimate of drug-likeness (QED) is 0.477. The van der Waals surface area contributed by atoms with Gasteiger partial charge in [0.2, 0.25) is 5.91 Å². The van der Waals surface area contributed by atoms with E-state index in [0.29, 0.717) is 43.9 Å². The highest BCUT2D eigenvalue weighted by Crippen LogP contribution is 2.29. The molecule has 8 nitrogen and oxygen atoms in total. The van der Waals surface area contributed by atoms with Gasteiger partial charge >= 0.3 is 0 Å². The van der Waals surface area contributed by atoms with Crippen LogP contribution in [-0.4, -0.2) is 46.0 Å². The van der Waals surface area contributed by atoms with E-state index < -0.39 is 5.54 Å². The molecule has 3 aromatic rings. The zero-order valence-electron chi connectivity index (χ0n) is 16.6. The summed E-state index contributed by atoms with van der Waals surface area (Å²) in [5.74, 6) is 0.718. The van der Waals surface area contributed by atoms with Gasteiger partial charge in [0, 0.05) is 24.3 Å². The third-order valence-electron chi connectivity index (χ3n) is 5.77. The number of aromatic amines is 1. The molecule has 4 rings (SSSR count). The topological polar surface area (TPSA) is 126 Å². The van der Waals surface area contributed by atoms with Crippen LogP contribution in [0.1, 0.15) is 30.9 Å². The summed E-state index contributed by atoms with van der Waals surface area (Å²) in [6.07, 6.45) is 5.09. The van der Waals surface area contributed by atoms with Crippen molar-refractivity contribution in [3.05, 3.63) is 53.4 Å². The molecule has 1 aromatic carbocycles. The standard InChI is InChI=1S/C21H26ClN7O/c22-15-3-1-14(2-4-15)17(5-9-23)28-20(30)21(24)7-11-29(12-8-21)19-16-6-10-25-18(16)26-13-27-19/h1-4,6,10,13,17H,5,7-9,11-12,23-24H2,(H,28,30)(H,25,26,27)/t17-/m0/s1. The van der Waals surface area contributed by atoms with Gasteiger partial charge < -0.3 is 26.7 Å². The highest BCUT2D eigenvalue weighted by molar-refractivity contribution is 6.30. The first-order valence-corrected chi connectivity index (χ1v) is 10.5. The maximum absolute atomic E-state index is 13.1. The molecular weight excluding hydrogens is 402 g/mol. The van der Waals surface area contributed by atoms with Gasteiger partial charge in [-0.2, -0.15) is 0 Å². The van der Waals surface area contributed by atoms with E-state index in [0.717, 1.165) is 22.4 Å². The van der Waals surface area contributed by atoms with Crippen molar-refractivity contribution in [1.29, 1.82) is 0 Å². The Morgan fingerprint density at radius 1 is 1.23 bits per heavy atom. The number of piperidine rings is 1. The number of fused-ring (bicyclic) bond motifs is 1. The predicted octanol–water partition coefficient (Wildman–Crippen LogP) is 2.12. The number of amides is 1. The molecule has 1 aliphatic rings. The number of halogens is 1. The first kappa shape index (κ1) is 20.6. The number of H-pyrrole nitrogens is 1. The molecule has 9 heteroatoms. The van der Waals surface area contributed by atoms with Crippen molar-refractivity contribution >= 4 is 34.4 Å². The van der Waals surface area contributed by atoms with E-state index in [1.165, 1.54) is 0 Å². The van der Waals surface area contributed by atoms with Crippen molar-refractivity contribution in [2.24, 2.45) is 11.5 Å². The average Bonchev–Trinajstić information content (AvgIpc) is 3.24. The molecule has 1 saturated heterocycles. The van der Waals surface area contributed by atoms with Crippen LogP contribution in [0.25, 0.3) is 11.0 Å². The van der Waals surface area contributed by atoms with E-state index in [-0.39, 0.29) is 11.9 Å². The normalized spacial score (nSPS) is 17.1. The fraction of sp³-hybridized carbons (Fsp3) is 0.381. The molecule has 0 radical (unpaired) electrons. The van der Waals surface area contributed by atoms with Gasteiger partial charge in [-0.1, -0.05) is 23.7 Å². The number of carbonyl (C=O) groups excluding carboxylic acids is 1. The monoisotopic (exact) mass is 427 g/mol. The minimum absolute atomic E-state index is 0.148. The molecule has 1 aliphatic heterocycles. The van der Waals surface area contributed by atoms with Gasteiger partial charge in [-0.15, -0.1) is 0 Å². The second-order valence-corrected chi connectivity index (χ2v) is 8.17. The maximum atomic E-state index is 13.1. The number of benzene rings is 1. The summed E-state index contributed by atoms with van der Waals surface area (Å²) in [7, 11) is 0. The molecule has 1 fully saturated rings. The molecule has 0 bridgehead atoms. The Hall–Kier alpha value is -2.68. The van der Waals surface area contributed by atoms with Crippen LogP contribution in [0.4, 0.5) is 5.82 Å². The van der Waals surface area contributed by atoms with Crippen molar-refractivity contribution < 1.29 is 4.79 Å². The van der Waals surface area contributed by atoms with Crippen LogP contribution in [0, 0.1) is 0 Å². The van der Waals surface area contributed by atoms with Crippen LogP contribution >= 0.6 is 11.6 Å². The van der Waals surface area contributed by atoms with Crippen LogP contribution in [-0.2, 0) is 4.79 Å². The van der Waals surface area contributed by atoms with Gasteiger partial charge in [-0.05, 0) is 49.6 Å². The van der Waals surface area contributed by atoms with E-state index in [9.17, 15) is 4.79 Å². The van der Waals surface area contributed by atoms with Crippen LogP contribution < -0.4 is 21.7 Å². The first-order valence-electron chi connectivity index (χ1n) is 10.1. The summed E-state index contributed by atoms with van der Waals surface area (Å²) in [6.45, 7) is 1.74. The minimum Gasteiger partial charge on any atom is -0.356 e. The van der Waals surface area contributed by atoms with Crippen molar-refractivity contribution in [3.63, 3.8) is 0 Å². The summed E-state index contributed by atoms with van der Waals surface area (Å²) in [5.41, 5.74) is 13.2. The van der Waals surface area contributed by atoms with E-state index in [1.807, 2.05) is 36.5 Å². The molecule has 30 heavy (non-hydrogen) atoms.